The molecule has 1 amide bonds. The van der Waals surface area contributed by atoms with Crippen LogP contribution in [0.5, 0.6) is 5.75 Å². The molecule has 0 bridgehead atoms. The number of hydrogen-bond acceptors (Lipinski definition) is 4. The zero-order valence-electron chi connectivity index (χ0n) is 15.4. The average Bonchev–Trinajstić information content (AvgIpc) is 3.02. The predicted molar refractivity (Wildman–Crippen MR) is 96.1 cm³/mol. The minimum atomic E-state index is -4.50. The lowest BCUT2D eigenvalue weighted by atomic mass is 10.1. The highest BCUT2D eigenvalue weighted by Gasteiger charge is 2.30. The molecule has 29 heavy (non-hydrogen) atoms. The van der Waals surface area contributed by atoms with Crippen LogP contribution in [0.3, 0.4) is 0 Å². The van der Waals surface area contributed by atoms with Crippen LogP contribution in [0.25, 0.3) is 0 Å². The van der Waals surface area contributed by atoms with E-state index in [0.717, 1.165) is 12.1 Å². The Bertz CT molecular complexity index is 1040. The molecule has 0 aliphatic heterocycles. The number of carbonyl (C=O) groups is 1. The van der Waals surface area contributed by atoms with Gasteiger partial charge in [0.05, 0.1) is 11.1 Å². The predicted octanol–water partition coefficient (Wildman–Crippen LogP) is 5.28. The van der Waals surface area contributed by atoms with Crippen LogP contribution in [0.2, 0.25) is 0 Å². The molecule has 0 unspecified atom stereocenters. The molecule has 0 fully saturated rings. The number of hydrogen-bond donors (Lipinski definition) is 1. The smallest absolute Gasteiger partial charge is 0.416 e. The Hall–Kier alpha value is -3.36. The van der Waals surface area contributed by atoms with Gasteiger partial charge in [0, 0.05) is 5.69 Å². The number of rotatable bonds is 5. The van der Waals surface area contributed by atoms with Crippen molar-refractivity contribution in [2.75, 3.05) is 5.32 Å². The number of anilines is 1. The van der Waals surface area contributed by atoms with E-state index in [1.165, 1.54) is 30.3 Å². The molecule has 1 aromatic heterocycles. The number of benzene rings is 2. The third-order valence-corrected chi connectivity index (χ3v) is 4.18. The summed E-state index contributed by atoms with van der Waals surface area (Å²) in [4.78, 5) is 12.6. The Morgan fingerprint density at radius 2 is 1.93 bits per heavy atom. The maximum Gasteiger partial charge on any atom is 0.416 e. The van der Waals surface area contributed by atoms with Gasteiger partial charge >= 0.3 is 6.18 Å². The maximum atomic E-state index is 13.2. The molecule has 1 heterocycles. The van der Waals surface area contributed by atoms with Crippen molar-refractivity contribution in [3.63, 3.8) is 0 Å². The van der Waals surface area contributed by atoms with E-state index in [9.17, 15) is 22.4 Å². The molecule has 9 heteroatoms. The first kappa shape index (κ1) is 20.4. The molecule has 3 aromatic rings. The summed E-state index contributed by atoms with van der Waals surface area (Å²) in [7, 11) is 0. The van der Waals surface area contributed by atoms with Gasteiger partial charge in [-0.1, -0.05) is 11.2 Å². The van der Waals surface area contributed by atoms with Gasteiger partial charge in [-0.3, -0.25) is 4.79 Å². The minimum Gasteiger partial charge on any atom is -0.489 e. The summed E-state index contributed by atoms with van der Waals surface area (Å²) in [6.45, 7) is 2.96. The molecule has 0 spiro atoms. The van der Waals surface area contributed by atoms with Crippen molar-refractivity contribution in [3.05, 3.63) is 76.4 Å². The Morgan fingerprint density at radius 1 is 1.17 bits per heavy atom. The lowest BCUT2D eigenvalue weighted by molar-refractivity contribution is -0.137. The Kier molecular flexibility index (Phi) is 5.58. The van der Waals surface area contributed by atoms with E-state index >= 15 is 0 Å². The molecule has 152 valence electrons. The molecule has 2 aromatic carbocycles. The van der Waals surface area contributed by atoms with Gasteiger partial charge in [-0.15, -0.1) is 0 Å². The topological polar surface area (TPSA) is 64.4 Å². The first-order valence-corrected chi connectivity index (χ1v) is 8.48. The lowest BCUT2D eigenvalue weighted by Gasteiger charge is -2.11. The summed E-state index contributed by atoms with van der Waals surface area (Å²) >= 11 is 0. The van der Waals surface area contributed by atoms with Crippen molar-refractivity contribution >= 4 is 11.6 Å². The number of carbonyl (C=O) groups excluding carboxylic acids is 1. The highest BCUT2D eigenvalue weighted by molar-refractivity contribution is 6.04. The van der Waals surface area contributed by atoms with E-state index in [1.54, 1.807) is 13.8 Å². The fourth-order valence-electron chi connectivity index (χ4n) is 2.61. The third kappa shape index (κ3) is 4.74. The summed E-state index contributed by atoms with van der Waals surface area (Å²) < 4.78 is 62.1. The molecule has 1 N–H and O–H groups in total. The third-order valence-electron chi connectivity index (χ3n) is 4.18. The van der Waals surface area contributed by atoms with Gasteiger partial charge in [-0.2, -0.15) is 13.2 Å². The highest BCUT2D eigenvalue weighted by atomic mass is 19.4. The second-order valence-corrected chi connectivity index (χ2v) is 6.29. The van der Waals surface area contributed by atoms with Crippen LogP contribution in [-0.4, -0.2) is 11.1 Å². The molecular weight excluding hydrogens is 392 g/mol. The van der Waals surface area contributed by atoms with Crippen LogP contribution in [0.4, 0.5) is 23.2 Å². The van der Waals surface area contributed by atoms with Gasteiger partial charge < -0.3 is 14.6 Å². The van der Waals surface area contributed by atoms with E-state index in [1.807, 2.05) is 0 Å². The SMILES string of the molecule is Cc1cc(F)ccc1NC(=O)c1noc(C)c1COc1cccc(C(F)(F)F)c1. The highest BCUT2D eigenvalue weighted by Crippen LogP contribution is 2.31. The van der Waals surface area contributed by atoms with E-state index in [-0.39, 0.29) is 23.8 Å². The van der Waals surface area contributed by atoms with Gasteiger partial charge in [0.25, 0.3) is 5.91 Å². The van der Waals surface area contributed by atoms with E-state index in [4.69, 9.17) is 9.26 Å². The minimum absolute atomic E-state index is 0.0128. The number of ether oxygens (including phenoxy) is 1. The summed E-state index contributed by atoms with van der Waals surface area (Å²) in [6, 6.07) is 8.28. The number of nitrogens with one attached hydrogen (secondary N) is 1. The zero-order valence-corrected chi connectivity index (χ0v) is 15.4. The van der Waals surface area contributed by atoms with Gasteiger partial charge in [0.1, 0.15) is 23.9 Å². The first-order valence-electron chi connectivity index (χ1n) is 8.48. The molecule has 0 radical (unpaired) electrons. The Labute approximate surface area is 163 Å². The van der Waals surface area contributed by atoms with Crippen LogP contribution in [0.15, 0.2) is 47.0 Å². The quantitative estimate of drug-likeness (QED) is 0.584. The maximum absolute atomic E-state index is 13.2. The van der Waals surface area contributed by atoms with E-state index in [2.05, 4.69) is 10.5 Å². The summed E-state index contributed by atoms with van der Waals surface area (Å²) in [5, 5.41) is 6.31. The number of amides is 1. The van der Waals surface area contributed by atoms with Crippen LogP contribution in [0, 0.1) is 19.7 Å². The van der Waals surface area contributed by atoms with Crippen LogP contribution in [-0.2, 0) is 12.8 Å². The summed E-state index contributed by atoms with van der Waals surface area (Å²) in [6.07, 6.45) is -4.50. The average molecular weight is 408 g/mol. The van der Waals surface area contributed by atoms with Crippen molar-refractivity contribution in [1.82, 2.24) is 5.16 Å². The first-order chi connectivity index (χ1) is 13.6. The fourth-order valence-corrected chi connectivity index (χ4v) is 2.61. The number of nitrogens with zero attached hydrogens (tertiary/aromatic N) is 1. The van der Waals surface area contributed by atoms with Gasteiger partial charge in [0.15, 0.2) is 5.69 Å². The Morgan fingerprint density at radius 3 is 2.62 bits per heavy atom. The Balaban J connectivity index is 1.77. The van der Waals surface area contributed by atoms with Crippen molar-refractivity contribution in [1.29, 1.82) is 0 Å². The molecular formula is C20H16F4N2O3. The molecule has 0 saturated carbocycles. The largest absolute Gasteiger partial charge is 0.489 e. The van der Waals surface area contributed by atoms with E-state index in [0.29, 0.717) is 16.8 Å². The standard InChI is InChI=1S/C20H16F4N2O3/c1-11-8-14(21)6-7-17(11)25-19(27)18-16(12(2)29-26-18)10-28-15-5-3-4-13(9-15)20(22,23)24/h3-9H,10H2,1-2H3,(H,25,27). The molecule has 0 saturated heterocycles. The molecule has 0 aliphatic carbocycles. The fraction of sp³-hybridized carbons (Fsp3) is 0.200. The number of aryl methyl sites for hydroxylation is 2. The molecule has 5 nitrogen and oxygen atoms in total. The second-order valence-electron chi connectivity index (χ2n) is 6.29. The summed E-state index contributed by atoms with van der Waals surface area (Å²) in [5.41, 5.74) is 0.279. The van der Waals surface area contributed by atoms with E-state index < -0.39 is 23.5 Å². The summed E-state index contributed by atoms with van der Waals surface area (Å²) in [5.74, 6) is -0.772. The number of alkyl halides is 3. The van der Waals surface area contributed by atoms with Crippen LogP contribution < -0.4 is 10.1 Å². The zero-order chi connectivity index (χ0) is 21.2. The molecule has 0 aliphatic rings. The van der Waals surface area contributed by atoms with Crippen molar-refractivity contribution < 1.29 is 31.6 Å². The lowest BCUT2D eigenvalue weighted by Crippen LogP contribution is -2.16. The van der Waals surface area contributed by atoms with Crippen molar-refractivity contribution in [3.8, 4) is 5.75 Å². The molecule has 0 atom stereocenters. The van der Waals surface area contributed by atoms with Crippen molar-refractivity contribution in [2.45, 2.75) is 26.6 Å². The van der Waals surface area contributed by atoms with Gasteiger partial charge in [-0.25, -0.2) is 4.39 Å². The van der Waals surface area contributed by atoms with Crippen LogP contribution >= 0.6 is 0 Å². The second kappa shape index (κ2) is 7.94. The number of aromatic nitrogens is 1. The van der Waals surface area contributed by atoms with Crippen molar-refractivity contribution in [2.24, 2.45) is 0 Å². The monoisotopic (exact) mass is 408 g/mol. The number of halogens is 4. The van der Waals surface area contributed by atoms with Crippen LogP contribution in [0.1, 0.15) is 32.9 Å². The van der Waals surface area contributed by atoms with Gasteiger partial charge in [-0.05, 0) is 55.8 Å². The molecule has 3 rings (SSSR count). The normalized spacial score (nSPS) is 11.4. The van der Waals surface area contributed by atoms with Gasteiger partial charge in [0.2, 0.25) is 0 Å².